The number of nitrogens with one attached hydrogen (secondary N) is 2. The maximum Gasteiger partial charge on any atom is 0.0825 e. The van der Waals surface area contributed by atoms with Crippen molar-refractivity contribution in [2.75, 3.05) is 11.9 Å². The molecule has 3 heteroatoms. The van der Waals surface area contributed by atoms with Crippen molar-refractivity contribution in [3.63, 3.8) is 0 Å². The Morgan fingerprint density at radius 2 is 2.18 bits per heavy atom. The van der Waals surface area contributed by atoms with Gasteiger partial charge in [0.2, 0.25) is 0 Å². The third-order valence-electron chi connectivity index (χ3n) is 3.58. The molecule has 0 saturated carbocycles. The van der Waals surface area contributed by atoms with Gasteiger partial charge in [0.05, 0.1) is 17.1 Å². The number of aromatic nitrogens is 2. The number of nitrogens with zero attached hydrogens (tertiary/aromatic N) is 1. The summed E-state index contributed by atoms with van der Waals surface area (Å²) in [5.41, 5.74) is 4.93. The van der Waals surface area contributed by atoms with Crippen molar-refractivity contribution in [2.24, 2.45) is 11.8 Å². The average Bonchev–Trinajstić information content (AvgIpc) is 2.55. The Morgan fingerprint density at radius 3 is 2.76 bits per heavy atom. The average molecular weight is 233 g/mol. The van der Waals surface area contributed by atoms with Crippen molar-refractivity contribution in [1.29, 1.82) is 0 Å². The molecule has 2 unspecified atom stereocenters. The van der Waals surface area contributed by atoms with E-state index in [4.69, 9.17) is 0 Å². The van der Waals surface area contributed by atoms with E-state index in [9.17, 15) is 0 Å². The van der Waals surface area contributed by atoms with E-state index in [-0.39, 0.29) is 0 Å². The van der Waals surface area contributed by atoms with Gasteiger partial charge in [-0.2, -0.15) is 5.10 Å². The number of aromatic amines is 1. The van der Waals surface area contributed by atoms with Gasteiger partial charge in [0, 0.05) is 6.54 Å². The molecule has 0 aromatic carbocycles. The molecule has 0 saturated heterocycles. The summed E-state index contributed by atoms with van der Waals surface area (Å²) in [6, 6.07) is 0. The first-order valence-electron chi connectivity index (χ1n) is 6.49. The van der Waals surface area contributed by atoms with Crippen molar-refractivity contribution in [3.05, 3.63) is 23.0 Å². The highest BCUT2D eigenvalue weighted by Crippen LogP contribution is 2.28. The van der Waals surface area contributed by atoms with Crippen molar-refractivity contribution in [2.45, 2.75) is 40.5 Å². The lowest BCUT2D eigenvalue weighted by Gasteiger charge is -2.26. The number of aryl methyl sites for hydroxylation is 2. The number of anilines is 1. The first kappa shape index (κ1) is 12.2. The van der Waals surface area contributed by atoms with Crippen LogP contribution in [0.15, 0.2) is 11.6 Å². The molecule has 3 nitrogen and oxygen atoms in total. The molecule has 0 aliphatic heterocycles. The molecule has 2 atom stereocenters. The summed E-state index contributed by atoms with van der Waals surface area (Å²) in [6.45, 7) is 9.72. The zero-order valence-corrected chi connectivity index (χ0v) is 11.3. The summed E-state index contributed by atoms with van der Waals surface area (Å²) in [7, 11) is 0. The molecule has 0 radical (unpaired) electrons. The first-order valence-corrected chi connectivity index (χ1v) is 6.49. The Labute approximate surface area is 104 Å². The minimum absolute atomic E-state index is 0.724. The lowest BCUT2D eigenvalue weighted by Crippen LogP contribution is -2.20. The number of rotatable bonds is 3. The fraction of sp³-hybridized carbons (Fsp3) is 0.643. The van der Waals surface area contributed by atoms with Gasteiger partial charge in [-0.25, -0.2) is 0 Å². The second-order valence-electron chi connectivity index (χ2n) is 5.49. The van der Waals surface area contributed by atoms with Crippen molar-refractivity contribution in [3.8, 4) is 0 Å². The maximum absolute atomic E-state index is 4.21. The zero-order chi connectivity index (χ0) is 12.4. The Hall–Kier alpha value is -1.25. The lowest BCUT2D eigenvalue weighted by molar-refractivity contribution is 0.421. The van der Waals surface area contributed by atoms with E-state index in [0.717, 1.165) is 29.8 Å². The molecule has 1 aliphatic carbocycles. The van der Waals surface area contributed by atoms with Gasteiger partial charge in [-0.05, 0) is 45.4 Å². The number of H-pyrrole nitrogens is 1. The van der Waals surface area contributed by atoms with E-state index < -0.39 is 0 Å². The standard InChI is InChI=1S/C14H23N3/c1-9-5-10(2)7-13(6-9)8-15-14-11(3)16-17-12(14)4/h5,9,13,15H,6-8H2,1-4H3,(H,16,17). The molecule has 0 amide bonds. The molecule has 17 heavy (non-hydrogen) atoms. The summed E-state index contributed by atoms with van der Waals surface area (Å²) in [4.78, 5) is 0. The minimum atomic E-state index is 0.724. The summed E-state index contributed by atoms with van der Waals surface area (Å²) >= 11 is 0. The molecular formula is C14H23N3. The van der Waals surface area contributed by atoms with Gasteiger partial charge in [-0.3, -0.25) is 5.10 Å². The fourth-order valence-electron chi connectivity index (χ4n) is 2.90. The van der Waals surface area contributed by atoms with Gasteiger partial charge in [0.1, 0.15) is 0 Å². The predicted octanol–water partition coefficient (Wildman–Crippen LogP) is 3.43. The van der Waals surface area contributed by atoms with Gasteiger partial charge >= 0.3 is 0 Å². The minimum Gasteiger partial charge on any atom is -0.382 e. The van der Waals surface area contributed by atoms with Crippen LogP contribution in [0.3, 0.4) is 0 Å². The molecule has 0 spiro atoms. The second kappa shape index (κ2) is 4.94. The van der Waals surface area contributed by atoms with Crippen LogP contribution in [-0.4, -0.2) is 16.7 Å². The SMILES string of the molecule is CC1=CC(C)CC(CNc2c(C)n[nH]c2C)C1. The van der Waals surface area contributed by atoms with Crippen molar-refractivity contribution < 1.29 is 0 Å². The molecule has 1 aromatic heterocycles. The summed E-state index contributed by atoms with van der Waals surface area (Å²) in [5.74, 6) is 1.48. The van der Waals surface area contributed by atoms with Crippen LogP contribution in [-0.2, 0) is 0 Å². The smallest absolute Gasteiger partial charge is 0.0825 e. The predicted molar refractivity (Wildman–Crippen MR) is 72.2 cm³/mol. The van der Waals surface area contributed by atoms with Crippen molar-refractivity contribution >= 4 is 5.69 Å². The van der Waals surface area contributed by atoms with Crippen LogP contribution in [0.25, 0.3) is 0 Å². The van der Waals surface area contributed by atoms with Crippen molar-refractivity contribution in [1.82, 2.24) is 10.2 Å². The van der Waals surface area contributed by atoms with Gasteiger partial charge in [-0.15, -0.1) is 0 Å². The topological polar surface area (TPSA) is 40.7 Å². The molecule has 0 bridgehead atoms. The Balaban J connectivity index is 1.93. The van der Waals surface area contributed by atoms with Gasteiger partial charge in [0.15, 0.2) is 0 Å². The van der Waals surface area contributed by atoms with Gasteiger partial charge in [0.25, 0.3) is 0 Å². The highest BCUT2D eigenvalue weighted by Gasteiger charge is 2.18. The van der Waals surface area contributed by atoms with Crippen LogP contribution in [0.4, 0.5) is 5.69 Å². The number of hydrogen-bond donors (Lipinski definition) is 2. The number of allylic oxidation sites excluding steroid dienone is 2. The summed E-state index contributed by atoms with van der Waals surface area (Å²) in [6.07, 6.45) is 4.93. The highest BCUT2D eigenvalue weighted by molar-refractivity contribution is 5.51. The quantitative estimate of drug-likeness (QED) is 0.785. The molecule has 1 aliphatic rings. The van der Waals surface area contributed by atoms with E-state index in [0.29, 0.717) is 0 Å². The molecule has 2 rings (SSSR count). The highest BCUT2D eigenvalue weighted by atomic mass is 15.1. The maximum atomic E-state index is 4.21. The lowest BCUT2D eigenvalue weighted by atomic mass is 9.84. The zero-order valence-electron chi connectivity index (χ0n) is 11.3. The van der Waals surface area contributed by atoms with Gasteiger partial charge in [-0.1, -0.05) is 18.6 Å². The monoisotopic (exact) mass is 233 g/mol. The molecule has 1 aromatic rings. The van der Waals surface area contributed by atoms with E-state index in [2.05, 4.69) is 42.4 Å². The Bertz CT molecular complexity index is 398. The molecule has 0 fully saturated rings. The van der Waals surface area contributed by atoms with Crippen LogP contribution < -0.4 is 5.32 Å². The van der Waals surface area contributed by atoms with E-state index in [1.165, 1.54) is 24.1 Å². The largest absolute Gasteiger partial charge is 0.382 e. The van der Waals surface area contributed by atoms with E-state index in [1.54, 1.807) is 0 Å². The van der Waals surface area contributed by atoms with Crippen LogP contribution in [0.2, 0.25) is 0 Å². The summed E-state index contributed by atoms with van der Waals surface area (Å²) in [5, 5.41) is 10.8. The first-order chi connectivity index (χ1) is 8.06. The van der Waals surface area contributed by atoms with Crippen LogP contribution in [0.1, 0.15) is 38.1 Å². The molecule has 1 heterocycles. The molecule has 2 N–H and O–H groups in total. The second-order valence-corrected chi connectivity index (χ2v) is 5.49. The van der Waals surface area contributed by atoms with Gasteiger partial charge < -0.3 is 5.32 Å². The molecule has 94 valence electrons. The number of hydrogen-bond acceptors (Lipinski definition) is 2. The third kappa shape index (κ3) is 2.90. The van der Waals surface area contributed by atoms with Crippen LogP contribution >= 0.6 is 0 Å². The molecular weight excluding hydrogens is 210 g/mol. The Kier molecular flexibility index (Phi) is 3.55. The third-order valence-corrected chi connectivity index (χ3v) is 3.58. The normalized spacial score (nSPS) is 24.6. The summed E-state index contributed by atoms with van der Waals surface area (Å²) < 4.78 is 0. The van der Waals surface area contributed by atoms with E-state index >= 15 is 0 Å². The fourth-order valence-corrected chi connectivity index (χ4v) is 2.90. The van der Waals surface area contributed by atoms with Crippen LogP contribution in [0.5, 0.6) is 0 Å². The Morgan fingerprint density at radius 1 is 1.41 bits per heavy atom. The van der Waals surface area contributed by atoms with Crippen LogP contribution in [0, 0.1) is 25.7 Å². The van der Waals surface area contributed by atoms with E-state index in [1.807, 2.05) is 6.92 Å².